The number of benzene rings is 2. The van der Waals surface area contributed by atoms with Crippen LogP contribution >= 0.6 is 22.9 Å². The van der Waals surface area contributed by atoms with E-state index < -0.39 is 6.04 Å². The molecule has 0 saturated carbocycles. The molecule has 7 heteroatoms. The first-order valence-corrected chi connectivity index (χ1v) is 10.3. The van der Waals surface area contributed by atoms with Crippen molar-refractivity contribution in [2.75, 3.05) is 13.1 Å². The minimum Gasteiger partial charge on any atom is -0.368 e. The molecule has 0 radical (unpaired) electrons. The average molecular weight is 411 g/mol. The lowest BCUT2D eigenvalue weighted by molar-refractivity contribution is -0.124. The first-order chi connectivity index (χ1) is 13.5. The normalized spacial score (nSPS) is 16.7. The summed E-state index contributed by atoms with van der Waals surface area (Å²) < 4.78 is 1.15. The molecule has 1 fully saturated rings. The SMILES string of the molecule is N#Cc1ccc(C(C(N)=O)N2CCC(c3nc4cc(Cl)ccc4s3)CC2)cc1. The highest BCUT2D eigenvalue weighted by Crippen LogP contribution is 2.36. The molecule has 28 heavy (non-hydrogen) atoms. The fourth-order valence-electron chi connectivity index (χ4n) is 3.79. The number of nitrogens with zero attached hydrogens (tertiary/aromatic N) is 3. The summed E-state index contributed by atoms with van der Waals surface area (Å²) in [5, 5.41) is 10.8. The topological polar surface area (TPSA) is 83.0 Å². The first kappa shape index (κ1) is 18.9. The largest absolute Gasteiger partial charge is 0.368 e. The van der Waals surface area contributed by atoms with Gasteiger partial charge in [0.15, 0.2) is 0 Å². The van der Waals surface area contributed by atoms with E-state index in [9.17, 15) is 4.79 Å². The maximum Gasteiger partial charge on any atom is 0.239 e. The second kappa shape index (κ2) is 7.88. The number of piperidine rings is 1. The number of aromatic nitrogens is 1. The second-order valence-electron chi connectivity index (χ2n) is 7.01. The molecule has 0 bridgehead atoms. The standard InChI is InChI=1S/C21H19ClN4OS/c22-16-5-6-18-17(11-16)25-21(28-18)15-7-9-26(10-8-15)19(20(24)27)14-3-1-13(12-23)2-4-14/h1-6,11,15,19H,7-10H2,(H2,24,27). The van der Waals surface area contributed by atoms with Crippen molar-refractivity contribution in [2.24, 2.45) is 5.73 Å². The molecule has 2 heterocycles. The third-order valence-corrected chi connectivity index (χ3v) is 6.67. The van der Waals surface area contributed by atoms with E-state index in [1.165, 1.54) is 0 Å². The molecule has 1 aliphatic heterocycles. The Morgan fingerprint density at radius 2 is 1.96 bits per heavy atom. The van der Waals surface area contributed by atoms with Crippen LogP contribution in [-0.4, -0.2) is 28.9 Å². The molecule has 1 saturated heterocycles. The number of carbonyl (C=O) groups is 1. The van der Waals surface area contributed by atoms with Crippen LogP contribution in [0.25, 0.3) is 10.2 Å². The van der Waals surface area contributed by atoms with Crippen molar-refractivity contribution < 1.29 is 4.79 Å². The molecule has 5 nitrogen and oxygen atoms in total. The van der Waals surface area contributed by atoms with E-state index in [1.807, 2.05) is 30.3 Å². The van der Waals surface area contributed by atoms with Crippen LogP contribution in [0.1, 0.15) is 40.9 Å². The number of nitrogens with two attached hydrogens (primary N) is 1. The number of rotatable bonds is 4. The summed E-state index contributed by atoms with van der Waals surface area (Å²) in [6, 6.07) is 14.5. The average Bonchev–Trinajstić information content (AvgIpc) is 3.12. The van der Waals surface area contributed by atoms with Crippen LogP contribution in [0.4, 0.5) is 0 Å². The molecule has 142 valence electrons. The minimum absolute atomic E-state index is 0.363. The fraction of sp³-hybridized carbons (Fsp3) is 0.286. The Morgan fingerprint density at radius 1 is 1.25 bits per heavy atom. The molecule has 0 spiro atoms. The first-order valence-electron chi connectivity index (χ1n) is 9.14. The zero-order valence-corrected chi connectivity index (χ0v) is 16.7. The van der Waals surface area contributed by atoms with Crippen molar-refractivity contribution in [3.05, 3.63) is 63.6 Å². The summed E-state index contributed by atoms with van der Waals surface area (Å²) in [4.78, 5) is 19.0. The Balaban J connectivity index is 1.49. The number of halogens is 1. The highest BCUT2D eigenvalue weighted by molar-refractivity contribution is 7.18. The summed E-state index contributed by atoms with van der Waals surface area (Å²) in [7, 11) is 0. The van der Waals surface area contributed by atoms with E-state index in [0.717, 1.165) is 46.7 Å². The quantitative estimate of drug-likeness (QED) is 0.697. The van der Waals surface area contributed by atoms with Gasteiger partial charge in [-0.05, 0) is 61.8 Å². The Bertz CT molecular complexity index is 1050. The minimum atomic E-state index is -0.470. The molecule has 1 aromatic heterocycles. The molecule has 1 aliphatic rings. The smallest absolute Gasteiger partial charge is 0.239 e. The van der Waals surface area contributed by atoms with Crippen LogP contribution < -0.4 is 5.73 Å². The van der Waals surface area contributed by atoms with Gasteiger partial charge in [-0.25, -0.2) is 4.98 Å². The van der Waals surface area contributed by atoms with Crippen molar-refractivity contribution in [1.82, 2.24) is 9.88 Å². The lowest BCUT2D eigenvalue weighted by atomic mass is 9.94. The van der Waals surface area contributed by atoms with E-state index in [1.54, 1.807) is 23.5 Å². The van der Waals surface area contributed by atoms with Gasteiger partial charge in [0.1, 0.15) is 6.04 Å². The van der Waals surface area contributed by atoms with Gasteiger partial charge in [-0.3, -0.25) is 9.69 Å². The number of amides is 1. The molecule has 3 aromatic rings. The summed E-state index contributed by atoms with van der Waals surface area (Å²) in [6.45, 7) is 1.55. The molecule has 4 rings (SSSR count). The Hall–Kier alpha value is -2.46. The number of likely N-dealkylation sites (tertiary alicyclic amines) is 1. The second-order valence-corrected chi connectivity index (χ2v) is 8.51. The van der Waals surface area contributed by atoms with E-state index in [-0.39, 0.29) is 5.91 Å². The zero-order chi connectivity index (χ0) is 19.7. The number of hydrogen-bond acceptors (Lipinski definition) is 5. The summed E-state index contributed by atoms with van der Waals surface area (Å²) in [5.41, 5.74) is 8.06. The highest BCUT2D eigenvalue weighted by Gasteiger charge is 2.31. The van der Waals surface area contributed by atoms with Crippen molar-refractivity contribution in [2.45, 2.75) is 24.8 Å². The molecule has 2 aromatic carbocycles. The molecule has 1 amide bonds. The Morgan fingerprint density at radius 3 is 2.61 bits per heavy atom. The van der Waals surface area contributed by atoms with Crippen LogP contribution in [-0.2, 0) is 4.79 Å². The lowest BCUT2D eigenvalue weighted by Crippen LogP contribution is -2.42. The van der Waals surface area contributed by atoms with Crippen molar-refractivity contribution in [3.8, 4) is 6.07 Å². The predicted molar refractivity (Wildman–Crippen MR) is 111 cm³/mol. The molecular weight excluding hydrogens is 392 g/mol. The van der Waals surface area contributed by atoms with Gasteiger partial charge in [-0.15, -0.1) is 11.3 Å². The Kier molecular flexibility index (Phi) is 5.31. The maximum absolute atomic E-state index is 12.1. The zero-order valence-electron chi connectivity index (χ0n) is 15.1. The number of hydrogen-bond donors (Lipinski definition) is 1. The third kappa shape index (κ3) is 3.74. The number of thiazole rings is 1. The van der Waals surface area contributed by atoms with Gasteiger partial charge in [-0.2, -0.15) is 5.26 Å². The van der Waals surface area contributed by atoms with Crippen LogP contribution in [0.2, 0.25) is 5.02 Å². The van der Waals surface area contributed by atoms with E-state index in [0.29, 0.717) is 16.5 Å². The van der Waals surface area contributed by atoms with E-state index in [2.05, 4.69) is 11.0 Å². The number of primary amides is 1. The summed E-state index contributed by atoms with van der Waals surface area (Å²) in [5.74, 6) is 0.0136. The molecular formula is C21H19ClN4OS. The molecule has 2 N–H and O–H groups in total. The van der Waals surface area contributed by atoms with Gasteiger partial charge in [0, 0.05) is 10.9 Å². The Labute approximate surface area is 172 Å². The van der Waals surface area contributed by atoms with Crippen LogP contribution in [0.3, 0.4) is 0 Å². The van der Waals surface area contributed by atoms with Crippen LogP contribution in [0, 0.1) is 11.3 Å². The molecule has 0 aliphatic carbocycles. The van der Waals surface area contributed by atoms with Crippen LogP contribution in [0.15, 0.2) is 42.5 Å². The molecule has 1 unspecified atom stereocenters. The van der Waals surface area contributed by atoms with Gasteiger partial charge in [0.05, 0.1) is 26.9 Å². The van der Waals surface area contributed by atoms with Gasteiger partial charge in [-0.1, -0.05) is 23.7 Å². The van der Waals surface area contributed by atoms with Crippen LogP contribution in [0.5, 0.6) is 0 Å². The van der Waals surface area contributed by atoms with Gasteiger partial charge >= 0.3 is 0 Å². The summed E-state index contributed by atoms with van der Waals surface area (Å²) in [6.07, 6.45) is 1.85. The van der Waals surface area contributed by atoms with Crippen molar-refractivity contribution >= 4 is 39.1 Å². The number of nitriles is 1. The molecule has 1 atom stereocenters. The lowest BCUT2D eigenvalue weighted by Gasteiger charge is -2.35. The third-order valence-electron chi connectivity index (χ3n) is 5.24. The van der Waals surface area contributed by atoms with Gasteiger partial charge < -0.3 is 5.73 Å². The van der Waals surface area contributed by atoms with Crippen molar-refractivity contribution in [1.29, 1.82) is 5.26 Å². The summed E-state index contributed by atoms with van der Waals surface area (Å²) >= 11 is 7.79. The number of carbonyl (C=O) groups excluding carboxylic acids is 1. The maximum atomic E-state index is 12.1. The van der Waals surface area contributed by atoms with E-state index >= 15 is 0 Å². The van der Waals surface area contributed by atoms with E-state index in [4.69, 9.17) is 27.6 Å². The highest BCUT2D eigenvalue weighted by atomic mass is 35.5. The predicted octanol–water partition coefficient (Wildman–Crippen LogP) is 4.23. The number of fused-ring (bicyclic) bond motifs is 1. The van der Waals surface area contributed by atoms with Gasteiger partial charge in [0.2, 0.25) is 5.91 Å². The fourth-order valence-corrected chi connectivity index (χ4v) is 5.08. The van der Waals surface area contributed by atoms with Crippen molar-refractivity contribution in [3.63, 3.8) is 0 Å². The monoisotopic (exact) mass is 410 g/mol. The van der Waals surface area contributed by atoms with Gasteiger partial charge in [0.25, 0.3) is 0 Å².